The topological polar surface area (TPSA) is 101 Å². The van der Waals surface area contributed by atoms with Gasteiger partial charge in [0.1, 0.15) is 11.6 Å². The van der Waals surface area contributed by atoms with Crippen LogP contribution < -0.4 is 16.0 Å². The van der Waals surface area contributed by atoms with Crippen LogP contribution in [0.3, 0.4) is 0 Å². The second-order valence-electron chi connectivity index (χ2n) is 10.5. The summed E-state index contributed by atoms with van der Waals surface area (Å²) in [6, 6.07) is 5.71. The molecular formula is C27H28F2N8. The lowest BCUT2D eigenvalue weighted by Crippen LogP contribution is -2.49. The summed E-state index contributed by atoms with van der Waals surface area (Å²) >= 11 is 0. The quantitative estimate of drug-likeness (QED) is 0.310. The number of nitrogens with one attached hydrogen (secondary N) is 3. The summed E-state index contributed by atoms with van der Waals surface area (Å²) in [7, 11) is 0. The van der Waals surface area contributed by atoms with Gasteiger partial charge in [-0.05, 0) is 67.0 Å². The van der Waals surface area contributed by atoms with Crippen molar-refractivity contribution in [1.82, 2.24) is 30.2 Å². The molecule has 3 N–H and O–H groups in total. The van der Waals surface area contributed by atoms with Crippen molar-refractivity contribution in [2.45, 2.75) is 45.1 Å². The number of hydrogen-bond acceptors (Lipinski definition) is 8. The fourth-order valence-corrected chi connectivity index (χ4v) is 4.92. The van der Waals surface area contributed by atoms with E-state index in [-0.39, 0.29) is 17.3 Å². The highest BCUT2D eigenvalue weighted by molar-refractivity contribution is 5.93. The standard InChI is InChI=1S/C27H28F2N8/c1-27(2)14-30-9-8-20(27)34-26-23-17(15-3-4-15)12-31-13-19(23)33-24(37-26)16-7-10-32-22(11-16)36-25-18(28)5-6-21(29)35-25/h5-7,10-13,15,20,30H,3-4,8-9,14H2,1-2H3,(H,32,35,36)(H,33,34,37)/t20-/m0/s1. The number of pyridine rings is 3. The zero-order chi connectivity index (χ0) is 25.6. The van der Waals surface area contributed by atoms with Crippen LogP contribution in [0, 0.1) is 17.2 Å². The first-order valence-corrected chi connectivity index (χ1v) is 12.6. The molecule has 1 atom stereocenters. The Balaban J connectivity index is 1.42. The van der Waals surface area contributed by atoms with Crippen LogP contribution in [0.5, 0.6) is 0 Å². The molecule has 0 unspecified atom stereocenters. The SMILES string of the molecule is CC1(C)CNCC[C@@H]1Nc1nc(-c2ccnc(Nc3nc(F)ccc3F)c2)nc2cncc(C3CC3)c12. The lowest BCUT2D eigenvalue weighted by Gasteiger charge is -2.40. The van der Waals surface area contributed by atoms with Gasteiger partial charge < -0.3 is 16.0 Å². The molecule has 0 aromatic carbocycles. The molecule has 4 aromatic heterocycles. The fourth-order valence-electron chi connectivity index (χ4n) is 4.92. The molecule has 8 nitrogen and oxygen atoms in total. The van der Waals surface area contributed by atoms with Crippen molar-refractivity contribution in [2.75, 3.05) is 23.7 Å². The fraction of sp³-hybridized carbons (Fsp3) is 0.370. The minimum absolute atomic E-state index is 0.0399. The highest BCUT2D eigenvalue weighted by Gasteiger charge is 2.34. The van der Waals surface area contributed by atoms with E-state index in [1.54, 1.807) is 24.5 Å². The largest absolute Gasteiger partial charge is 0.366 e. The molecule has 10 heteroatoms. The predicted octanol–water partition coefficient (Wildman–Crippen LogP) is 5.18. The third kappa shape index (κ3) is 4.81. The molecule has 1 aliphatic heterocycles. The lowest BCUT2D eigenvalue weighted by molar-refractivity contribution is 0.236. The van der Waals surface area contributed by atoms with Gasteiger partial charge in [0.15, 0.2) is 17.5 Å². The maximum Gasteiger partial charge on any atom is 0.214 e. The Morgan fingerprint density at radius 2 is 1.86 bits per heavy atom. The van der Waals surface area contributed by atoms with E-state index in [1.807, 2.05) is 6.20 Å². The van der Waals surface area contributed by atoms with Gasteiger partial charge in [-0.3, -0.25) is 4.98 Å². The molecular weight excluding hydrogens is 474 g/mol. The summed E-state index contributed by atoms with van der Waals surface area (Å²) in [5.41, 5.74) is 2.68. The molecule has 0 radical (unpaired) electrons. The Kier molecular flexibility index (Phi) is 5.91. The first kappa shape index (κ1) is 23.6. The Hall–Kier alpha value is -3.79. The third-order valence-electron chi connectivity index (χ3n) is 7.17. The Labute approximate surface area is 213 Å². The molecule has 0 bridgehead atoms. The molecule has 1 saturated heterocycles. The van der Waals surface area contributed by atoms with Crippen molar-refractivity contribution in [2.24, 2.45) is 5.41 Å². The molecule has 1 saturated carbocycles. The summed E-state index contributed by atoms with van der Waals surface area (Å²) in [4.78, 5) is 22.2. The van der Waals surface area contributed by atoms with Crippen molar-refractivity contribution in [3.05, 3.63) is 60.2 Å². The Morgan fingerprint density at radius 3 is 2.68 bits per heavy atom. The molecule has 0 amide bonds. The van der Waals surface area contributed by atoms with Gasteiger partial charge in [-0.25, -0.2) is 19.3 Å². The number of piperidine rings is 1. The van der Waals surface area contributed by atoms with E-state index in [0.29, 0.717) is 23.1 Å². The van der Waals surface area contributed by atoms with E-state index < -0.39 is 11.8 Å². The molecule has 2 fully saturated rings. The summed E-state index contributed by atoms with van der Waals surface area (Å²) < 4.78 is 27.7. The number of anilines is 3. The first-order valence-electron chi connectivity index (χ1n) is 12.6. The van der Waals surface area contributed by atoms with Crippen molar-refractivity contribution >= 4 is 28.4 Å². The molecule has 4 aromatic rings. The predicted molar refractivity (Wildman–Crippen MR) is 139 cm³/mol. The highest BCUT2D eigenvalue weighted by atomic mass is 19.1. The van der Waals surface area contributed by atoms with E-state index in [4.69, 9.17) is 9.97 Å². The minimum atomic E-state index is -0.784. The van der Waals surface area contributed by atoms with Crippen molar-refractivity contribution in [1.29, 1.82) is 0 Å². The van der Waals surface area contributed by atoms with Gasteiger partial charge >= 0.3 is 0 Å². The van der Waals surface area contributed by atoms with Gasteiger partial charge in [0.2, 0.25) is 5.95 Å². The van der Waals surface area contributed by atoms with Crippen LogP contribution in [-0.4, -0.2) is 44.1 Å². The van der Waals surface area contributed by atoms with Gasteiger partial charge in [-0.2, -0.15) is 9.37 Å². The number of halogens is 2. The molecule has 190 valence electrons. The third-order valence-corrected chi connectivity index (χ3v) is 7.17. The maximum atomic E-state index is 14.1. The van der Waals surface area contributed by atoms with Gasteiger partial charge in [0, 0.05) is 35.9 Å². The number of nitrogens with zero attached hydrogens (tertiary/aromatic N) is 5. The summed E-state index contributed by atoms with van der Waals surface area (Å²) in [5, 5.41) is 11.0. The normalized spacial score (nSPS) is 19.1. The minimum Gasteiger partial charge on any atom is -0.366 e. The van der Waals surface area contributed by atoms with Gasteiger partial charge in [-0.1, -0.05) is 13.8 Å². The number of aromatic nitrogens is 5. The van der Waals surface area contributed by atoms with Crippen molar-refractivity contribution in [3.63, 3.8) is 0 Å². The maximum absolute atomic E-state index is 14.1. The van der Waals surface area contributed by atoms with Crippen molar-refractivity contribution < 1.29 is 8.78 Å². The molecule has 37 heavy (non-hydrogen) atoms. The van der Waals surface area contributed by atoms with Crippen LogP contribution in [0.15, 0.2) is 42.9 Å². The number of rotatable bonds is 6. The van der Waals surface area contributed by atoms with Gasteiger partial charge in [-0.15, -0.1) is 0 Å². The summed E-state index contributed by atoms with van der Waals surface area (Å²) in [6.07, 6.45) is 8.56. The van der Waals surface area contributed by atoms with E-state index in [0.717, 1.165) is 61.2 Å². The smallest absolute Gasteiger partial charge is 0.214 e. The Morgan fingerprint density at radius 1 is 1.00 bits per heavy atom. The monoisotopic (exact) mass is 502 g/mol. The van der Waals surface area contributed by atoms with Gasteiger partial charge in [0.05, 0.1) is 11.7 Å². The molecule has 6 rings (SSSR count). The first-order chi connectivity index (χ1) is 17.9. The lowest BCUT2D eigenvalue weighted by atomic mass is 9.80. The van der Waals surface area contributed by atoms with Crippen LogP contribution >= 0.6 is 0 Å². The van der Waals surface area contributed by atoms with E-state index in [9.17, 15) is 8.78 Å². The number of fused-ring (bicyclic) bond motifs is 1. The summed E-state index contributed by atoms with van der Waals surface area (Å²) in [5.74, 6) is 0.384. The van der Waals surface area contributed by atoms with E-state index in [2.05, 4.69) is 44.7 Å². The van der Waals surface area contributed by atoms with Gasteiger partial charge in [0.25, 0.3) is 0 Å². The average molecular weight is 503 g/mol. The Bertz CT molecular complexity index is 1470. The van der Waals surface area contributed by atoms with Crippen LogP contribution in [0.2, 0.25) is 0 Å². The van der Waals surface area contributed by atoms with Crippen LogP contribution in [0.25, 0.3) is 22.3 Å². The molecule has 1 aliphatic carbocycles. The molecule has 0 spiro atoms. The number of hydrogen-bond donors (Lipinski definition) is 3. The van der Waals surface area contributed by atoms with E-state index >= 15 is 0 Å². The highest BCUT2D eigenvalue weighted by Crippen LogP contribution is 2.44. The van der Waals surface area contributed by atoms with E-state index in [1.165, 1.54) is 5.56 Å². The second kappa shape index (κ2) is 9.26. The van der Waals surface area contributed by atoms with Crippen LogP contribution in [0.1, 0.15) is 44.6 Å². The van der Waals surface area contributed by atoms with Crippen molar-refractivity contribution in [3.8, 4) is 11.4 Å². The summed E-state index contributed by atoms with van der Waals surface area (Å²) in [6.45, 7) is 6.37. The van der Waals surface area contributed by atoms with Crippen LogP contribution in [0.4, 0.5) is 26.2 Å². The zero-order valence-corrected chi connectivity index (χ0v) is 20.7. The molecule has 2 aliphatic rings. The molecule has 5 heterocycles. The van der Waals surface area contributed by atoms with Crippen LogP contribution in [-0.2, 0) is 0 Å². The second-order valence-corrected chi connectivity index (χ2v) is 10.5. The average Bonchev–Trinajstić information content (AvgIpc) is 3.73. The zero-order valence-electron chi connectivity index (χ0n) is 20.7.